The second kappa shape index (κ2) is 7.39. The van der Waals surface area contributed by atoms with Gasteiger partial charge in [0.25, 0.3) is 0 Å². The molecule has 118 valence electrons. The van der Waals surface area contributed by atoms with Gasteiger partial charge in [-0.05, 0) is 37.4 Å². The molecule has 0 bridgehead atoms. The molecule has 1 aromatic carbocycles. The van der Waals surface area contributed by atoms with Crippen molar-refractivity contribution in [1.29, 1.82) is 0 Å². The summed E-state index contributed by atoms with van der Waals surface area (Å²) in [5.74, 6) is 0.674. The average molecular weight is 290 g/mol. The molecule has 0 saturated carbocycles. The van der Waals surface area contributed by atoms with Crippen molar-refractivity contribution in [1.82, 2.24) is 9.80 Å². The first kappa shape index (κ1) is 16.5. The van der Waals surface area contributed by atoms with E-state index in [4.69, 9.17) is 0 Å². The summed E-state index contributed by atoms with van der Waals surface area (Å²) in [7, 11) is 2.17. The van der Waals surface area contributed by atoms with E-state index in [1.807, 2.05) is 0 Å². The van der Waals surface area contributed by atoms with Crippen molar-refractivity contribution in [2.24, 2.45) is 5.92 Å². The van der Waals surface area contributed by atoms with E-state index >= 15 is 0 Å². The number of rotatable bonds is 5. The molecular formula is C18H30N2O. The van der Waals surface area contributed by atoms with Gasteiger partial charge in [0.15, 0.2) is 0 Å². The van der Waals surface area contributed by atoms with Crippen LogP contribution in [0.25, 0.3) is 0 Å². The fourth-order valence-electron chi connectivity index (χ4n) is 2.99. The number of likely N-dealkylation sites (N-methyl/N-ethyl adjacent to an activating group) is 1. The Morgan fingerprint density at radius 3 is 2.43 bits per heavy atom. The third-order valence-corrected chi connectivity index (χ3v) is 4.48. The summed E-state index contributed by atoms with van der Waals surface area (Å²) in [6.07, 6.45) is 0.723. The van der Waals surface area contributed by atoms with E-state index in [1.54, 1.807) is 0 Å². The lowest BCUT2D eigenvalue weighted by Crippen LogP contribution is -2.50. The van der Waals surface area contributed by atoms with E-state index in [1.165, 1.54) is 5.56 Å². The van der Waals surface area contributed by atoms with Crippen molar-refractivity contribution in [2.75, 3.05) is 33.2 Å². The number of benzene rings is 1. The van der Waals surface area contributed by atoms with Crippen LogP contribution in [0, 0.1) is 5.92 Å². The lowest BCUT2D eigenvalue weighted by atomic mass is 10.00. The largest absolute Gasteiger partial charge is 0.387 e. The predicted molar refractivity (Wildman–Crippen MR) is 88.5 cm³/mol. The molecule has 0 spiro atoms. The molecule has 1 aromatic rings. The Morgan fingerprint density at radius 2 is 1.86 bits per heavy atom. The fraction of sp³-hybridized carbons (Fsp3) is 0.667. The lowest BCUT2D eigenvalue weighted by Gasteiger charge is -2.38. The zero-order valence-corrected chi connectivity index (χ0v) is 13.9. The van der Waals surface area contributed by atoms with E-state index in [9.17, 15) is 5.11 Å². The van der Waals surface area contributed by atoms with Gasteiger partial charge in [-0.3, -0.25) is 4.90 Å². The van der Waals surface area contributed by atoms with Crippen molar-refractivity contribution >= 4 is 0 Å². The molecule has 1 aliphatic rings. The Labute approximate surface area is 129 Å². The van der Waals surface area contributed by atoms with Crippen LogP contribution in [0.5, 0.6) is 0 Å². The smallest absolute Gasteiger partial charge is 0.0916 e. The first-order valence-corrected chi connectivity index (χ1v) is 8.15. The molecule has 1 aliphatic heterocycles. The monoisotopic (exact) mass is 290 g/mol. The standard InChI is InChI=1S/C18H30N2O/c1-14(2)11-16-5-7-17(8-6-16)18(21)13-20-10-9-19(4)15(3)12-20/h5-8,14-15,18,21H,9-13H2,1-4H3. The molecule has 1 fully saturated rings. The van der Waals surface area contributed by atoms with Crippen LogP contribution in [-0.4, -0.2) is 54.2 Å². The molecule has 3 nitrogen and oxygen atoms in total. The van der Waals surface area contributed by atoms with Crippen LogP contribution in [0.3, 0.4) is 0 Å². The maximum atomic E-state index is 10.4. The summed E-state index contributed by atoms with van der Waals surface area (Å²) in [6, 6.07) is 9.06. The number of hydrogen-bond donors (Lipinski definition) is 1. The third kappa shape index (κ3) is 4.80. The van der Waals surface area contributed by atoms with Gasteiger partial charge in [0.05, 0.1) is 6.10 Å². The summed E-state index contributed by atoms with van der Waals surface area (Å²) >= 11 is 0. The van der Waals surface area contributed by atoms with Crippen LogP contribution in [0.1, 0.15) is 38.0 Å². The molecule has 2 unspecified atom stereocenters. The molecule has 2 atom stereocenters. The number of nitrogens with zero attached hydrogens (tertiary/aromatic N) is 2. The number of β-amino-alcohol motifs (C(OH)–C–C–N with tert-alkyl or cyclic N) is 1. The van der Waals surface area contributed by atoms with Crippen LogP contribution in [0.15, 0.2) is 24.3 Å². The second-order valence-corrected chi connectivity index (χ2v) is 6.94. The van der Waals surface area contributed by atoms with Crippen molar-refractivity contribution in [3.8, 4) is 0 Å². The van der Waals surface area contributed by atoms with Crippen LogP contribution in [-0.2, 0) is 6.42 Å². The molecule has 0 amide bonds. The third-order valence-electron chi connectivity index (χ3n) is 4.48. The second-order valence-electron chi connectivity index (χ2n) is 6.94. The highest BCUT2D eigenvalue weighted by Crippen LogP contribution is 2.18. The van der Waals surface area contributed by atoms with E-state index in [0.717, 1.165) is 38.2 Å². The van der Waals surface area contributed by atoms with Gasteiger partial charge in [-0.1, -0.05) is 38.1 Å². The zero-order chi connectivity index (χ0) is 15.4. The normalized spacial score (nSPS) is 22.7. The minimum absolute atomic E-state index is 0.381. The molecule has 1 heterocycles. The summed E-state index contributed by atoms with van der Waals surface area (Å²) < 4.78 is 0. The van der Waals surface area contributed by atoms with Gasteiger partial charge < -0.3 is 10.0 Å². The van der Waals surface area contributed by atoms with E-state index in [-0.39, 0.29) is 6.10 Å². The molecule has 3 heteroatoms. The first-order valence-electron chi connectivity index (χ1n) is 8.15. The molecule has 1 N–H and O–H groups in total. The quantitative estimate of drug-likeness (QED) is 0.903. The van der Waals surface area contributed by atoms with Gasteiger partial charge in [0, 0.05) is 32.2 Å². The fourth-order valence-corrected chi connectivity index (χ4v) is 2.99. The van der Waals surface area contributed by atoms with Crippen LogP contribution < -0.4 is 0 Å². The highest BCUT2D eigenvalue weighted by atomic mass is 16.3. The van der Waals surface area contributed by atoms with Gasteiger partial charge >= 0.3 is 0 Å². The number of aliphatic hydroxyl groups excluding tert-OH is 1. The Morgan fingerprint density at radius 1 is 1.19 bits per heavy atom. The van der Waals surface area contributed by atoms with Crippen molar-refractivity contribution in [2.45, 2.75) is 39.3 Å². The Bertz CT molecular complexity index is 429. The van der Waals surface area contributed by atoms with Gasteiger partial charge in [0.1, 0.15) is 0 Å². The van der Waals surface area contributed by atoms with E-state index in [2.05, 4.69) is 61.9 Å². The van der Waals surface area contributed by atoms with E-state index < -0.39 is 0 Å². The van der Waals surface area contributed by atoms with Gasteiger partial charge in [-0.2, -0.15) is 0 Å². The van der Waals surface area contributed by atoms with Crippen LogP contribution >= 0.6 is 0 Å². The number of aliphatic hydroxyl groups is 1. The topological polar surface area (TPSA) is 26.7 Å². The Hall–Kier alpha value is -0.900. The first-order chi connectivity index (χ1) is 9.95. The minimum Gasteiger partial charge on any atom is -0.387 e. The molecule has 0 aliphatic carbocycles. The molecule has 1 saturated heterocycles. The predicted octanol–water partition coefficient (Wildman–Crippen LogP) is 2.55. The van der Waals surface area contributed by atoms with Crippen LogP contribution in [0.2, 0.25) is 0 Å². The molecule has 21 heavy (non-hydrogen) atoms. The average Bonchev–Trinajstić information content (AvgIpc) is 2.43. The summed E-state index contributed by atoms with van der Waals surface area (Å²) in [6.45, 7) is 10.6. The Kier molecular flexibility index (Phi) is 5.80. The zero-order valence-electron chi connectivity index (χ0n) is 13.9. The molecule has 2 rings (SSSR count). The highest BCUT2D eigenvalue weighted by molar-refractivity contribution is 5.24. The summed E-state index contributed by atoms with van der Waals surface area (Å²) in [5, 5.41) is 10.4. The van der Waals surface area contributed by atoms with Crippen LogP contribution in [0.4, 0.5) is 0 Å². The van der Waals surface area contributed by atoms with E-state index in [0.29, 0.717) is 12.0 Å². The van der Waals surface area contributed by atoms with Crippen molar-refractivity contribution in [3.63, 3.8) is 0 Å². The summed E-state index contributed by atoms with van der Waals surface area (Å²) in [5.41, 5.74) is 2.39. The van der Waals surface area contributed by atoms with Gasteiger partial charge in [0.2, 0.25) is 0 Å². The maximum Gasteiger partial charge on any atom is 0.0916 e. The number of hydrogen-bond acceptors (Lipinski definition) is 3. The molecular weight excluding hydrogens is 260 g/mol. The van der Waals surface area contributed by atoms with Gasteiger partial charge in [-0.15, -0.1) is 0 Å². The highest BCUT2D eigenvalue weighted by Gasteiger charge is 2.22. The molecule has 0 radical (unpaired) electrons. The van der Waals surface area contributed by atoms with Crippen molar-refractivity contribution in [3.05, 3.63) is 35.4 Å². The summed E-state index contributed by atoms with van der Waals surface area (Å²) in [4.78, 5) is 4.75. The number of piperazine rings is 1. The Balaban J connectivity index is 1.89. The maximum absolute atomic E-state index is 10.4. The minimum atomic E-state index is -0.381. The lowest BCUT2D eigenvalue weighted by molar-refractivity contribution is 0.0568. The molecule has 0 aromatic heterocycles. The SMILES string of the molecule is CC(C)Cc1ccc(C(O)CN2CCN(C)C(C)C2)cc1. The van der Waals surface area contributed by atoms with Gasteiger partial charge in [-0.25, -0.2) is 0 Å². The van der Waals surface area contributed by atoms with Crippen molar-refractivity contribution < 1.29 is 5.11 Å².